The van der Waals surface area contributed by atoms with Crippen molar-refractivity contribution in [2.75, 3.05) is 24.1 Å². The number of hydrogen-bond donors (Lipinski definition) is 0. The van der Waals surface area contributed by atoms with Gasteiger partial charge in [-0.3, -0.25) is 9.59 Å². The molecular formula is C20H20N4O4. The summed E-state index contributed by atoms with van der Waals surface area (Å²) in [6, 6.07) is 9.02. The van der Waals surface area contributed by atoms with E-state index in [0.29, 0.717) is 17.2 Å². The van der Waals surface area contributed by atoms with E-state index in [1.54, 1.807) is 18.2 Å². The second-order valence-electron chi connectivity index (χ2n) is 6.79. The number of benzene rings is 2. The first kappa shape index (κ1) is 18.0. The molecule has 1 fully saturated rings. The van der Waals surface area contributed by atoms with Crippen LogP contribution < -0.4 is 19.4 Å². The molecule has 0 aromatic heterocycles. The van der Waals surface area contributed by atoms with Gasteiger partial charge in [-0.25, -0.2) is 9.91 Å². The minimum absolute atomic E-state index is 0.381. The smallest absolute Gasteiger partial charge is 0.263 e. The number of imide groups is 1. The average Bonchev–Trinajstić information content (AvgIpc) is 3.24. The minimum atomic E-state index is -0.869. The third kappa shape index (κ3) is 2.69. The molecule has 4 rings (SSSR count). The van der Waals surface area contributed by atoms with Crippen LogP contribution >= 0.6 is 0 Å². The maximum Gasteiger partial charge on any atom is 0.263 e. The number of anilines is 2. The van der Waals surface area contributed by atoms with Gasteiger partial charge < -0.3 is 9.47 Å². The van der Waals surface area contributed by atoms with Crippen molar-refractivity contribution in [3.8, 4) is 11.5 Å². The number of amides is 2. The predicted molar refractivity (Wildman–Crippen MR) is 103 cm³/mol. The summed E-state index contributed by atoms with van der Waals surface area (Å²) in [6.45, 7) is 4.00. The number of carbonyl (C=O) groups excluding carboxylic acids is 2. The molecule has 2 aromatic rings. The molecule has 0 bridgehead atoms. The number of hydrogen-bond acceptors (Lipinski definition) is 7. The molecule has 0 saturated carbocycles. The summed E-state index contributed by atoms with van der Waals surface area (Å²) in [4.78, 5) is 27.3. The number of carbonyl (C=O) groups is 2. The fraction of sp³-hybridized carbons (Fsp3) is 0.300. The minimum Gasteiger partial charge on any atom is -0.497 e. The van der Waals surface area contributed by atoms with Crippen molar-refractivity contribution in [1.29, 1.82) is 0 Å². The van der Waals surface area contributed by atoms with Crippen LogP contribution in [0, 0.1) is 13.8 Å². The summed E-state index contributed by atoms with van der Waals surface area (Å²) in [6.07, 6.45) is 0. The average molecular weight is 380 g/mol. The number of nitrogens with zero attached hydrogens (tertiary/aromatic N) is 4. The molecule has 8 nitrogen and oxygen atoms in total. The fourth-order valence-corrected chi connectivity index (χ4v) is 3.42. The van der Waals surface area contributed by atoms with Crippen LogP contribution in [-0.2, 0) is 9.59 Å². The van der Waals surface area contributed by atoms with Crippen molar-refractivity contribution in [2.45, 2.75) is 25.9 Å². The van der Waals surface area contributed by atoms with E-state index in [4.69, 9.17) is 9.47 Å². The highest BCUT2D eigenvalue weighted by atomic mass is 16.5. The normalized spacial score (nSPS) is 20.7. The van der Waals surface area contributed by atoms with E-state index >= 15 is 0 Å². The highest BCUT2D eigenvalue weighted by Gasteiger charge is 2.55. The summed E-state index contributed by atoms with van der Waals surface area (Å²) < 4.78 is 10.5. The lowest BCUT2D eigenvalue weighted by atomic mass is 10.1. The van der Waals surface area contributed by atoms with E-state index in [1.165, 1.54) is 19.2 Å². The van der Waals surface area contributed by atoms with Crippen molar-refractivity contribution < 1.29 is 19.1 Å². The molecule has 2 aliphatic heterocycles. The Morgan fingerprint density at radius 1 is 0.857 bits per heavy atom. The van der Waals surface area contributed by atoms with Gasteiger partial charge >= 0.3 is 0 Å². The molecule has 0 N–H and O–H groups in total. The molecule has 8 heteroatoms. The van der Waals surface area contributed by atoms with Crippen LogP contribution in [0.4, 0.5) is 11.4 Å². The van der Waals surface area contributed by atoms with Gasteiger partial charge in [0.2, 0.25) is 0 Å². The zero-order chi connectivity index (χ0) is 20.0. The number of aryl methyl sites for hydroxylation is 2. The van der Waals surface area contributed by atoms with Crippen LogP contribution in [0.5, 0.6) is 11.5 Å². The maximum absolute atomic E-state index is 13.2. The Bertz CT molecular complexity index is 981. The molecule has 0 unspecified atom stereocenters. The molecule has 2 amide bonds. The lowest BCUT2D eigenvalue weighted by molar-refractivity contribution is -0.121. The molecular weight excluding hydrogens is 360 g/mol. The third-order valence-corrected chi connectivity index (χ3v) is 5.13. The van der Waals surface area contributed by atoms with Crippen molar-refractivity contribution >= 4 is 23.2 Å². The van der Waals surface area contributed by atoms with Gasteiger partial charge in [0.1, 0.15) is 11.5 Å². The maximum atomic E-state index is 13.2. The Morgan fingerprint density at radius 3 is 2.14 bits per heavy atom. The molecule has 144 valence electrons. The van der Waals surface area contributed by atoms with Gasteiger partial charge in [0.15, 0.2) is 12.1 Å². The summed E-state index contributed by atoms with van der Waals surface area (Å²) in [5, 5.41) is 9.70. The highest BCUT2D eigenvalue weighted by Crippen LogP contribution is 2.37. The molecule has 28 heavy (non-hydrogen) atoms. The SMILES string of the molecule is COc1cc(OC)cc(N2C(=O)[C@@H]3N=NN(c4ccc(C)c(C)c4)[C@H]3C2=O)c1. The van der Waals surface area contributed by atoms with Crippen molar-refractivity contribution in [1.82, 2.24) is 0 Å². The van der Waals surface area contributed by atoms with Crippen LogP contribution in [0.25, 0.3) is 0 Å². The van der Waals surface area contributed by atoms with Crippen molar-refractivity contribution in [2.24, 2.45) is 10.3 Å². The van der Waals surface area contributed by atoms with Gasteiger partial charge in [0.05, 0.1) is 25.6 Å². The number of fused-ring (bicyclic) bond motifs is 1. The first-order valence-corrected chi connectivity index (χ1v) is 8.82. The lowest BCUT2D eigenvalue weighted by Crippen LogP contribution is -2.40. The Kier molecular flexibility index (Phi) is 4.26. The number of methoxy groups -OCH3 is 2. The Hall–Kier alpha value is -3.42. The molecule has 2 aliphatic rings. The molecule has 2 heterocycles. The van der Waals surface area contributed by atoms with E-state index in [-0.39, 0.29) is 5.91 Å². The first-order chi connectivity index (χ1) is 13.4. The molecule has 0 radical (unpaired) electrons. The Morgan fingerprint density at radius 2 is 1.54 bits per heavy atom. The Balaban J connectivity index is 1.71. The van der Waals surface area contributed by atoms with Gasteiger partial charge in [0.25, 0.3) is 11.8 Å². The van der Waals surface area contributed by atoms with Gasteiger partial charge in [0, 0.05) is 18.2 Å². The van der Waals surface area contributed by atoms with Gasteiger partial charge in [-0.1, -0.05) is 11.3 Å². The van der Waals surface area contributed by atoms with Crippen molar-refractivity contribution in [3.63, 3.8) is 0 Å². The third-order valence-electron chi connectivity index (χ3n) is 5.13. The first-order valence-electron chi connectivity index (χ1n) is 8.82. The lowest BCUT2D eigenvalue weighted by Gasteiger charge is -2.21. The van der Waals surface area contributed by atoms with Crippen molar-refractivity contribution in [3.05, 3.63) is 47.5 Å². The second-order valence-corrected chi connectivity index (χ2v) is 6.79. The second kappa shape index (κ2) is 6.63. The number of ether oxygens (including phenoxy) is 2. The van der Waals surface area contributed by atoms with Crippen LogP contribution in [0.15, 0.2) is 46.7 Å². The van der Waals surface area contributed by atoms with Gasteiger partial charge in [-0.2, -0.15) is 5.11 Å². The fourth-order valence-electron chi connectivity index (χ4n) is 3.42. The van der Waals surface area contributed by atoms with Crippen LogP contribution in [-0.4, -0.2) is 38.1 Å². The topological polar surface area (TPSA) is 83.8 Å². The molecule has 2 aromatic carbocycles. The summed E-state index contributed by atoms with van der Waals surface area (Å²) in [7, 11) is 3.02. The zero-order valence-corrected chi connectivity index (χ0v) is 16.0. The van der Waals surface area contributed by atoms with Gasteiger partial charge in [-0.15, -0.1) is 0 Å². The quantitative estimate of drug-likeness (QED) is 0.762. The zero-order valence-electron chi connectivity index (χ0n) is 16.0. The van der Waals surface area contributed by atoms with Crippen LogP contribution in [0.1, 0.15) is 11.1 Å². The molecule has 0 aliphatic carbocycles. The molecule has 1 saturated heterocycles. The Labute approximate surface area is 162 Å². The number of rotatable bonds is 4. The van der Waals surface area contributed by atoms with Crippen LogP contribution in [0.3, 0.4) is 0 Å². The van der Waals surface area contributed by atoms with Crippen LogP contribution in [0.2, 0.25) is 0 Å². The molecule has 2 atom stereocenters. The monoisotopic (exact) mass is 380 g/mol. The summed E-state index contributed by atoms with van der Waals surface area (Å²) >= 11 is 0. The van der Waals surface area contributed by atoms with Gasteiger partial charge in [-0.05, 0) is 37.1 Å². The van der Waals surface area contributed by atoms with E-state index in [2.05, 4.69) is 10.3 Å². The summed E-state index contributed by atoms with van der Waals surface area (Å²) in [5.41, 5.74) is 3.32. The van der Waals surface area contributed by atoms with E-state index in [1.807, 2.05) is 32.0 Å². The van der Waals surface area contributed by atoms with E-state index < -0.39 is 18.0 Å². The molecule has 0 spiro atoms. The highest BCUT2D eigenvalue weighted by molar-refractivity contribution is 6.26. The predicted octanol–water partition coefficient (Wildman–Crippen LogP) is 2.82. The van der Waals surface area contributed by atoms with E-state index in [0.717, 1.165) is 21.7 Å². The van der Waals surface area contributed by atoms with E-state index in [9.17, 15) is 9.59 Å². The largest absolute Gasteiger partial charge is 0.497 e. The summed E-state index contributed by atoms with van der Waals surface area (Å²) in [5.74, 6) is 0.174. The standard InChI is InChI=1S/C20H20N4O4/c1-11-5-6-13(7-12(11)2)24-18-17(21-22-24)19(25)23(20(18)26)14-8-15(27-3)10-16(9-14)28-4/h5-10,17-18H,1-4H3/t17-,18-/m1/s1.